The first kappa shape index (κ1) is 16.4. The van der Waals surface area contributed by atoms with Crippen molar-refractivity contribution in [1.82, 2.24) is 19.8 Å². The number of benzene rings is 2. The highest BCUT2D eigenvalue weighted by Crippen LogP contribution is 2.32. The monoisotopic (exact) mass is 412 g/mol. The number of nitrogens with zero attached hydrogens (tertiary/aromatic N) is 4. The van der Waals surface area contributed by atoms with Gasteiger partial charge in [-0.1, -0.05) is 84.4 Å². The molecule has 2 aromatic heterocycles. The van der Waals surface area contributed by atoms with Gasteiger partial charge in [0.15, 0.2) is 5.82 Å². The van der Waals surface area contributed by atoms with Crippen LogP contribution < -0.4 is 0 Å². The van der Waals surface area contributed by atoms with Gasteiger partial charge in [-0.05, 0) is 23.1 Å². The van der Waals surface area contributed by atoms with Gasteiger partial charge in [0.2, 0.25) is 4.96 Å². The Hall–Kier alpha value is -2.05. The second kappa shape index (κ2) is 6.04. The molecule has 0 radical (unpaired) electrons. The Morgan fingerprint density at radius 2 is 1.68 bits per heavy atom. The van der Waals surface area contributed by atoms with Crippen molar-refractivity contribution < 1.29 is 0 Å². The van der Waals surface area contributed by atoms with Gasteiger partial charge in [-0.15, -0.1) is 10.2 Å². The summed E-state index contributed by atoms with van der Waals surface area (Å²) in [6.07, 6.45) is 0. The number of fused-ring (bicyclic) bond motifs is 1. The zero-order valence-electron chi connectivity index (χ0n) is 14.2. The second-order valence-electron chi connectivity index (χ2n) is 6.93. The molecule has 25 heavy (non-hydrogen) atoms. The van der Waals surface area contributed by atoms with Gasteiger partial charge >= 0.3 is 0 Å². The highest BCUT2D eigenvalue weighted by atomic mass is 79.9. The average Bonchev–Trinajstić information content (AvgIpc) is 3.15. The number of aromatic nitrogens is 4. The molecule has 2 aromatic carbocycles. The van der Waals surface area contributed by atoms with E-state index in [2.05, 4.69) is 71.2 Å². The first-order valence-electron chi connectivity index (χ1n) is 8.01. The molecule has 0 fully saturated rings. The lowest BCUT2D eigenvalue weighted by atomic mass is 9.87. The van der Waals surface area contributed by atoms with Crippen molar-refractivity contribution in [3.8, 4) is 22.0 Å². The summed E-state index contributed by atoms with van der Waals surface area (Å²) < 4.78 is 2.80. The molecule has 0 spiro atoms. The van der Waals surface area contributed by atoms with Crippen molar-refractivity contribution in [2.75, 3.05) is 0 Å². The molecule has 4 nitrogen and oxygen atoms in total. The van der Waals surface area contributed by atoms with E-state index in [1.54, 1.807) is 11.3 Å². The molecule has 0 aliphatic rings. The quantitative estimate of drug-likeness (QED) is 0.431. The van der Waals surface area contributed by atoms with Gasteiger partial charge in [-0.25, -0.2) is 0 Å². The van der Waals surface area contributed by atoms with Crippen molar-refractivity contribution in [2.45, 2.75) is 26.2 Å². The molecule has 4 aromatic rings. The fourth-order valence-corrected chi connectivity index (χ4v) is 3.96. The Morgan fingerprint density at radius 3 is 2.36 bits per heavy atom. The fraction of sp³-hybridized carbons (Fsp3) is 0.211. The highest BCUT2D eigenvalue weighted by Gasteiger charge is 2.17. The van der Waals surface area contributed by atoms with E-state index >= 15 is 0 Å². The van der Waals surface area contributed by atoms with E-state index in [-0.39, 0.29) is 5.41 Å². The molecule has 0 aliphatic heterocycles. The molecule has 0 unspecified atom stereocenters. The third kappa shape index (κ3) is 3.00. The lowest BCUT2D eigenvalue weighted by molar-refractivity contribution is 0.590. The molecule has 2 heterocycles. The van der Waals surface area contributed by atoms with Crippen LogP contribution in [-0.4, -0.2) is 19.8 Å². The fourth-order valence-electron chi connectivity index (χ4n) is 2.66. The normalized spacial score (nSPS) is 12.0. The molecule has 0 saturated heterocycles. The summed E-state index contributed by atoms with van der Waals surface area (Å²) in [5.74, 6) is 0.747. The number of hydrogen-bond acceptors (Lipinski definition) is 4. The molecule has 4 rings (SSSR count). The Morgan fingerprint density at radius 1 is 0.960 bits per heavy atom. The van der Waals surface area contributed by atoms with E-state index in [0.29, 0.717) is 0 Å². The molecule has 0 saturated carbocycles. The van der Waals surface area contributed by atoms with Crippen molar-refractivity contribution >= 4 is 32.2 Å². The van der Waals surface area contributed by atoms with E-state index in [1.165, 1.54) is 5.56 Å². The Bertz CT molecular complexity index is 1040. The second-order valence-corrected chi connectivity index (χ2v) is 8.74. The van der Waals surface area contributed by atoms with Crippen molar-refractivity contribution in [3.05, 3.63) is 58.6 Å². The summed E-state index contributed by atoms with van der Waals surface area (Å²) >= 11 is 5.12. The maximum Gasteiger partial charge on any atom is 0.235 e. The predicted octanol–water partition coefficient (Wildman–Crippen LogP) is 5.58. The molecule has 0 bridgehead atoms. The molecule has 126 valence electrons. The van der Waals surface area contributed by atoms with Crippen molar-refractivity contribution in [1.29, 1.82) is 0 Å². The highest BCUT2D eigenvalue weighted by molar-refractivity contribution is 9.10. The summed E-state index contributed by atoms with van der Waals surface area (Å²) in [5, 5.41) is 14.3. The van der Waals surface area contributed by atoms with E-state index in [4.69, 9.17) is 5.10 Å². The lowest BCUT2D eigenvalue weighted by Gasteiger charge is -2.18. The first-order valence-corrected chi connectivity index (χ1v) is 9.62. The van der Waals surface area contributed by atoms with Crippen LogP contribution in [0, 0.1) is 0 Å². The first-order chi connectivity index (χ1) is 11.9. The minimum Gasteiger partial charge on any atom is -0.182 e. The summed E-state index contributed by atoms with van der Waals surface area (Å²) in [4.78, 5) is 0.792. The molecule has 0 aliphatic carbocycles. The molecule has 6 heteroatoms. The van der Waals surface area contributed by atoms with Crippen LogP contribution >= 0.6 is 27.3 Å². The van der Waals surface area contributed by atoms with Gasteiger partial charge < -0.3 is 0 Å². The van der Waals surface area contributed by atoms with Gasteiger partial charge in [0, 0.05) is 15.6 Å². The van der Waals surface area contributed by atoms with E-state index < -0.39 is 0 Å². The van der Waals surface area contributed by atoms with Crippen LogP contribution in [0.5, 0.6) is 0 Å². The van der Waals surface area contributed by atoms with Crippen molar-refractivity contribution in [2.24, 2.45) is 0 Å². The maximum absolute atomic E-state index is 4.74. The largest absolute Gasteiger partial charge is 0.235 e. The Labute approximate surface area is 158 Å². The molecular weight excluding hydrogens is 396 g/mol. The summed E-state index contributed by atoms with van der Waals surface area (Å²) in [5.41, 5.74) is 3.54. The van der Waals surface area contributed by atoms with E-state index in [1.807, 2.05) is 28.8 Å². The minimum absolute atomic E-state index is 0.145. The molecule has 0 N–H and O–H groups in total. The molecule has 0 amide bonds. The van der Waals surface area contributed by atoms with Crippen LogP contribution in [0.2, 0.25) is 0 Å². The van der Waals surface area contributed by atoms with Crippen LogP contribution in [0.1, 0.15) is 26.3 Å². The zero-order chi connectivity index (χ0) is 17.6. The van der Waals surface area contributed by atoms with Crippen LogP contribution in [0.25, 0.3) is 26.9 Å². The van der Waals surface area contributed by atoms with Crippen molar-refractivity contribution in [3.63, 3.8) is 0 Å². The average molecular weight is 413 g/mol. The minimum atomic E-state index is 0.145. The van der Waals surface area contributed by atoms with Crippen LogP contribution in [0.3, 0.4) is 0 Å². The summed E-state index contributed by atoms with van der Waals surface area (Å²) in [7, 11) is 0. The molecular formula is C19H17BrN4S. The lowest BCUT2D eigenvalue weighted by Crippen LogP contribution is -2.10. The van der Waals surface area contributed by atoms with E-state index in [0.717, 1.165) is 31.4 Å². The van der Waals surface area contributed by atoms with Gasteiger partial charge in [-0.3, -0.25) is 0 Å². The smallest absolute Gasteiger partial charge is 0.182 e. The standard InChI is InChI=1S/C19H17BrN4S/c1-19(2,3)13-10-8-12(9-11-13)17-23-24-16(21-22-18(24)25-17)14-6-4-5-7-15(14)20/h4-11H,1-3H3. The Balaban J connectivity index is 1.77. The van der Waals surface area contributed by atoms with Gasteiger partial charge in [-0.2, -0.15) is 9.61 Å². The number of rotatable bonds is 2. The number of hydrogen-bond donors (Lipinski definition) is 0. The predicted molar refractivity (Wildman–Crippen MR) is 106 cm³/mol. The van der Waals surface area contributed by atoms with Gasteiger partial charge in [0.1, 0.15) is 5.01 Å². The van der Waals surface area contributed by atoms with Gasteiger partial charge in [0.25, 0.3) is 0 Å². The zero-order valence-corrected chi connectivity index (χ0v) is 16.6. The van der Waals surface area contributed by atoms with E-state index in [9.17, 15) is 0 Å². The third-order valence-corrected chi connectivity index (χ3v) is 5.74. The number of halogens is 1. The Kier molecular flexibility index (Phi) is 3.96. The van der Waals surface area contributed by atoms with Gasteiger partial charge in [0.05, 0.1) is 0 Å². The topological polar surface area (TPSA) is 43.1 Å². The SMILES string of the molecule is CC(C)(C)c1ccc(-c2nn3c(-c4ccccc4Br)nnc3s2)cc1. The molecule has 0 atom stereocenters. The van der Waals surface area contributed by atoms with Crippen LogP contribution in [0.15, 0.2) is 53.0 Å². The summed E-state index contributed by atoms with van der Waals surface area (Å²) in [6, 6.07) is 16.6. The third-order valence-electron chi connectivity index (χ3n) is 4.10. The maximum atomic E-state index is 4.74. The summed E-state index contributed by atoms with van der Waals surface area (Å²) in [6.45, 7) is 6.65. The van der Waals surface area contributed by atoms with Crippen LogP contribution in [-0.2, 0) is 5.41 Å². The van der Waals surface area contributed by atoms with Crippen LogP contribution in [0.4, 0.5) is 0 Å².